The number of rotatable bonds is 3. The summed E-state index contributed by atoms with van der Waals surface area (Å²) >= 11 is 0. The van der Waals surface area contributed by atoms with Gasteiger partial charge in [0.25, 0.3) is 0 Å². The summed E-state index contributed by atoms with van der Waals surface area (Å²) in [5, 5.41) is 0. The maximum absolute atomic E-state index is 12.8. The van der Waals surface area contributed by atoms with E-state index < -0.39 is 17.5 Å². The van der Waals surface area contributed by atoms with Crippen molar-refractivity contribution in [3.8, 4) is 0 Å². The summed E-state index contributed by atoms with van der Waals surface area (Å²) in [5.41, 5.74) is -0.227. The van der Waals surface area contributed by atoms with E-state index in [0.717, 1.165) is 50.2 Å². The lowest BCUT2D eigenvalue weighted by molar-refractivity contribution is -0.261. The summed E-state index contributed by atoms with van der Waals surface area (Å²) in [6.45, 7) is 8.00. The molecule has 160 valence electrons. The van der Waals surface area contributed by atoms with Gasteiger partial charge < -0.3 is 9.64 Å². The van der Waals surface area contributed by atoms with Crippen LogP contribution in [-0.4, -0.2) is 47.7 Å². The van der Waals surface area contributed by atoms with Crippen LogP contribution in [0.3, 0.4) is 0 Å². The summed E-state index contributed by atoms with van der Waals surface area (Å²) < 4.78 is 44.7. The Morgan fingerprint density at radius 2 is 1.93 bits per heavy atom. The average Bonchev–Trinajstić information content (AvgIpc) is 2.68. The van der Waals surface area contributed by atoms with Crippen molar-refractivity contribution in [1.29, 1.82) is 0 Å². The first-order valence-electron chi connectivity index (χ1n) is 10.5. The van der Waals surface area contributed by atoms with Crippen molar-refractivity contribution in [2.75, 3.05) is 26.2 Å². The van der Waals surface area contributed by atoms with Crippen LogP contribution in [0.1, 0.15) is 44.2 Å². The summed E-state index contributed by atoms with van der Waals surface area (Å²) in [4.78, 5) is 17.0. The number of hydrogen-bond donors (Lipinski definition) is 0. The first kappa shape index (κ1) is 20.7. The Morgan fingerprint density at radius 1 is 1.21 bits per heavy atom. The Hall–Kier alpha value is -1.60. The Labute approximate surface area is 170 Å². The summed E-state index contributed by atoms with van der Waals surface area (Å²) in [6, 6.07) is 5.43. The van der Waals surface area contributed by atoms with Gasteiger partial charge in [0.2, 0.25) is 5.91 Å². The molecule has 29 heavy (non-hydrogen) atoms. The van der Waals surface area contributed by atoms with E-state index in [-0.39, 0.29) is 11.8 Å². The molecule has 0 saturated carbocycles. The van der Waals surface area contributed by atoms with Gasteiger partial charge in [0, 0.05) is 50.9 Å². The highest BCUT2D eigenvalue weighted by atomic mass is 19.4. The lowest BCUT2D eigenvalue weighted by atomic mass is 9.77. The maximum atomic E-state index is 12.8. The van der Waals surface area contributed by atoms with Crippen LogP contribution in [0, 0.1) is 17.8 Å². The molecule has 1 amide bonds. The second kappa shape index (κ2) is 7.58. The van der Waals surface area contributed by atoms with Crippen LogP contribution in [0.2, 0.25) is 0 Å². The fourth-order valence-corrected chi connectivity index (χ4v) is 5.05. The molecular formula is C22H29F3N2O2. The molecule has 3 fully saturated rings. The lowest BCUT2D eigenvalue weighted by Gasteiger charge is -2.59. The highest BCUT2D eigenvalue weighted by Gasteiger charge is 2.55. The molecule has 7 heteroatoms. The van der Waals surface area contributed by atoms with Crippen LogP contribution >= 0.6 is 0 Å². The van der Waals surface area contributed by atoms with Crippen molar-refractivity contribution in [1.82, 2.24) is 9.80 Å². The van der Waals surface area contributed by atoms with Gasteiger partial charge in [0.15, 0.2) is 0 Å². The van der Waals surface area contributed by atoms with Gasteiger partial charge in [-0.1, -0.05) is 26.0 Å². The standard InChI is InChI=1S/C22H29F3N2O2/c1-15(2)17-12-27-20(28)8-7-19-13-26(10-9-21(19,27)29-14-17)11-16-3-5-18(6-4-16)22(23,24)25/h3-6,15,17,19H,7-14H2,1-2H3/t17-,19-,21-/m0/s1. The Kier molecular flexibility index (Phi) is 5.40. The lowest BCUT2D eigenvalue weighted by Crippen LogP contribution is -2.70. The SMILES string of the molecule is CC(C)[C@@H]1CO[C@@]23CCN(Cc4ccc(C(F)(F)F)cc4)C[C@@H]2CCC(=O)N3C1. The van der Waals surface area contributed by atoms with Gasteiger partial charge in [-0.15, -0.1) is 0 Å². The molecule has 1 aromatic carbocycles. The predicted octanol–water partition coefficient (Wildman–Crippen LogP) is 4.15. The molecule has 0 N–H and O–H groups in total. The van der Waals surface area contributed by atoms with E-state index in [2.05, 4.69) is 18.7 Å². The summed E-state index contributed by atoms with van der Waals surface area (Å²) in [5.74, 6) is 1.29. The molecule has 0 radical (unpaired) electrons. The third-order valence-corrected chi connectivity index (χ3v) is 6.96. The van der Waals surface area contributed by atoms with Crippen molar-refractivity contribution >= 4 is 5.91 Å². The number of ether oxygens (including phenoxy) is 1. The second-order valence-electron chi connectivity index (χ2n) is 9.08. The number of carbonyl (C=O) groups is 1. The van der Waals surface area contributed by atoms with E-state index in [1.54, 1.807) is 12.1 Å². The van der Waals surface area contributed by atoms with Crippen molar-refractivity contribution in [3.63, 3.8) is 0 Å². The van der Waals surface area contributed by atoms with Crippen LogP contribution < -0.4 is 0 Å². The average molecular weight is 410 g/mol. The normalized spacial score (nSPS) is 31.0. The fraction of sp³-hybridized carbons (Fsp3) is 0.682. The van der Waals surface area contributed by atoms with Crippen LogP contribution in [0.25, 0.3) is 0 Å². The van der Waals surface area contributed by atoms with Gasteiger partial charge in [-0.25, -0.2) is 0 Å². The third-order valence-electron chi connectivity index (χ3n) is 6.96. The number of amides is 1. The second-order valence-corrected chi connectivity index (χ2v) is 9.08. The molecule has 0 unspecified atom stereocenters. The molecule has 0 aromatic heterocycles. The third kappa shape index (κ3) is 3.91. The number of nitrogens with zero attached hydrogens (tertiary/aromatic N) is 2. The smallest absolute Gasteiger partial charge is 0.355 e. The predicted molar refractivity (Wildman–Crippen MR) is 103 cm³/mol. The molecule has 0 aliphatic carbocycles. The quantitative estimate of drug-likeness (QED) is 0.751. The van der Waals surface area contributed by atoms with Crippen molar-refractivity contribution in [2.24, 2.45) is 17.8 Å². The molecule has 4 nitrogen and oxygen atoms in total. The zero-order chi connectivity index (χ0) is 20.8. The van der Waals surface area contributed by atoms with Gasteiger partial charge in [-0.3, -0.25) is 9.69 Å². The molecule has 3 saturated heterocycles. The number of benzene rings is 1. The summed E-state index contributed by atoms with van der Waals surface area (Å²) in [6.07, 6.45) is -2.19. The van der Waals surface area contributed by atoms with E-state index in [9.17, 15) is 18.0 Å². The van der Waals surface area contributed by atoms with Gasteiger partial charge in [0.05, 0.1) is 12.2 Å². The van der Waals surface area contributed by atoms with Crippen LogP contribution in [0.15, 0.2) is 24.3 Å². The van der Waals surface area contributed by atoms with Crippen LogP contribution in [0.5, 0.6) is 0 Å². The Morgan fingerprint density at radius 3 is 2.59 bits per heavy atom. The molecule has 3 aliphatic heterocycles. The number of piperidine rings is 2. The van der Waals surface area contributed by atoms with E-state index in [4.69, 9.17) is 4.74 Å². The van der Waals surface area contributed by atoms with Gasteiger partial charge >= 0.3 is 6.18 Å². The Balaban J connectivity index is 1.44. The highest BCUT2D eigenvalue weighted by molar-refractivity contribution is 5.78. The first-order valence-corrected chi connectivity index (χ1v) is 10.5. The fourth-order valence-electron chi connectivity index (χ4n) is 5.05. The highest BCUT2D eigenvalue weighted by Crippen LogP contribution is 2.45. The molecule has 3 atom stereocenters. The minimum atomic E-state index is -4.31. The van der Waals surface area contributed by atoms with E-state index in [1.165, 1.54) is 0 Å². The number of carbonyl (C=O) groups excluding carboxylic acids is 1. The van der Waals surface area contributed by atoms with Gasteiger partial charge in [-0.2, -0.15) is 13.2 Å². The zero-order valence-electron chi connectivity index (χ0n) is 17.0. The van der Waals surface area contributed by atoms with E-state index >= 15 is 0 Å². The van der Waals surface area contributed by atoms with Crippen molar-refractivity contribution in [2.45, 2.75) is 51.6 Å². The van der Waals surface area contributed by atoms with Crippen LogP contribution in [-0.2, 0) is 22.3 Å². The largest absolute Gasteiger partial charge is 0.416 e. The summed E-state index contributed by atoms with van der Waals surface area (Å²) in [7, 11) is 0. The number of likely N-dealkylation sites (tertiary alicyclic amines) is 1. The zero-order valence-corrected chi connectivity index (χ0v) is 17.0. The minimum absolute atomic E-state index is 0.197. The maximum Gasteiger partial charge on any atom is 0.416 e. The molecule has 0 bridgehead atoms. The number of hydrogen-bond acceptors (Lipinski definition) is 3. The molecule has 1 aromatic rings. The van der Waals surface area contributed by atoms with E-state index in [0.29, 0.717) is 31.4 Å². The number of halogens is 3. The molecule has 1 spiro atoms. The number of alkyl halides is 3. The monoisotopic (exact) mass is 410 g/mol. The van der Waals surface area contributed by atoms with Crippen molar-refractivity contribution < 1.29 is 22.7 Å². The molecule has 3 aliphatic rings. The topological polar surface area (TPSA) is 32.8 Å². The van der Waals surface area contributed by atoms with Crippen LogP contribution in [0.4, 0.5) is 13.2 Å². The minimum Gasteiger partial charge on any atom is -0.355 e. The molecule has 3 heterocycles. The Bertz CT molecular complexity index is 749. The van der Waals surface area contributed by atoms with Gasteiger partial charge in [-0.05, 0) is 30.0 Å². The first-order chi connectivity index (χ1) is 13.7. The molecular weight excluding hydrogens is 381 g/mol. The van der Waals surface area contributed by atoms with Gasteiger partial charge in [0.1, 0.15) is 5.72 Å². The molecule has 4 rings (SSSR count). The van der Waals surface area contributed by atoms with Crippen molar-refractivity contribution in [3.05, 3.63) is 35.4 Å². The van der Waals surface area contributed by atoms with E-state index in [1.807, 2.05) is 4.90 Å².